The highest BCUT2D eigenvalue weighted by Crippen LogP contribution is 2.23. The van der Waals surface area contributed by atoms with Gasteiger partial charge in [-0.05, 0) is 37.1 Å². The number of para-hydroxylation sites is 1. The third-order valence-corrected chi connectivity index (χ3v) is 6.12. The summed E-state index contributed by atoms with van der Waals surface area (Å²) in [6.45, 7) is 1.11. The monoisotopic (exact) mass is 395 g/mol. The fourth-order valence-electron chi connectivity index (χ4n) is 3.63. The molecule has 0 spiro atoms. The van der Waals surface area contributed by atoms with Gasteiger partial charge in [-0.3, -0.25) is 14.2 Å². The summed E-state index contributed by atoms with van der Waals surface area (Å²) >= 11 is 1.52. The molecule has 1 amide bonds. The van der Waals surface area contributed by atoms with Gasteiger partial charge < -0.3 is 9.88 Å². The number of nitrogens with one attached hydrogen (secondary N) is 1. The van der Waals surface area contributed by atoms with Crippen LogP contribution >= 0.6 is 11.8 Å². The summed E-state index contributed by atoms with van der Waals surface area (Å²) in [5.74, 6) is 0.484. The summed E-state index contributed by atoms with van der Waals surface area (Å²) in [5, 5.41) is 0.514. The van der Waals surface area contributed by atoms with Crippen LogP contribution in [0.1, 0.15) is 18.9 Å². The molecule has 1 aromatic heterocycles. The minimum absolute atomic E-state index is 0.0899. The quantitative estimate of drug-likeness (QED) is 0.689. The number of piperidine rings is 1. The van der Waals surface area contributed by atoms with E-state index in [1.807, 2.05) is 35.2 Å². The first kappa shape index (κ1) is 18.6. The molecule has 2 heterocycles. The summed E-state index contributed by atoms with van der Waals surface area (Å²) in [7, 11) is 0. The van der Waals surface area contributed by atoms with Gasteiger partial charge in [0, 0.05) is 24.0 Å². The summed E-state index contributed by atoms with van der Waals surface area (Å²) in [5.41, 5.74) is -0.0869. The summed E-state index contributed by atoms with van der Waals surface area (Å²) in [4.78, 5) is 43.4. The van der Waals surface area contributed by atoms with Crippen LogP contribution in [-0.4, -0.2) is 39.2 Å². The van der Waals surface area contributed by atoms with Crippen molar-refractivity contribution >= 4 is 28.6 Å². The molecule has 1 fully saturated rings. The van der Waals surface area contributed by atoms with Crippen LogP contribution in [0, 0.1) is 0 Å². The molecule has 2 aromatic carbocycles. The number of likely N-dealkylation sites (tertiary alicyclic amines) is 1. The number of carbonyl (C=O) groups excluding carboxylic acids is 1. The van der Waals surface area contributed by atoms with Crippen LogP contribution in [-0.2, 0) is 4.79 Å². The lowest BCUT2D eigenvalue weighted by molar-refractivity contribution is -0.129. The molecular weight excluding hydrogens is 374 g/mol. The number of hydrogen-bond donors (Lipinski definition) is 1. The predicted molar refractivity (Wildman–Crippen MR) is 111 cm³/mol. The second-order valence-corrected chi connectivity index (χ2v) is 7.91. The number of hydrogen-bond acceptors (Lipinski definition) is 4. The molecule has 1 aliphatic heterocycles. The zero-order valence-corrected chi connectivity index (χ0v) is 16.2. The molecule has 0 radical (unpaired) electrons. The number of nitrogens with zero attached hydrogens (tertiary/aromatic N) is 2. The smallest absolute Gasteiger partial charge is 0.329 e. The Labute approximate surface area is 166 Å². The van der Waals surface area contributed by atoms with E-state index in [-0.39, 0.29) is 23.2 Å². The molecule has 28 heavy (non-hydrogen) atoms. The zero-order chi connectivity index (χ0) is 19.5. The van der Waals surface area contributed by atoms with Gasteiger partial charge in [-0.25, -0.2) is 4.79 Å². The number of aromatic amines is 1. The van der Waals surface area contributed by atoms with Crippen molar-refractivity contribution in [2.24, 2.45) is 0 Å². The minimum atomic E-state index is -0.381. The Bertz CT molecular complexity index is 1100. The molecule has 1 aliphatic rings. The van der Waals surface area contributed by atoms with Crippen molar-refractivity contribution in [2.45, 2.75) is 23.8 Å². The molecule has 0 saturated carbocycles. The van der Waals surface area contributed by atoms with Gasteiger partial charge in [0.15, 0.2) is 0 Å². The van der Waals surface area contributed by atoms with E-state index in [2.05, 4.69) is 4.98 Å². The summed E-state index contributed by atoms with van der Waals surface area (Å²) < 4.78 is 1.32. The first-order valence-corrected chi connectivity index (χ1v) is 10.3. The second-order valence-electron chi connectivity index (χ2n) is 6.86. The number of aromatic nitrogens is 2. The zero-order valence-electron chi connectivity index (χ0n) is 15.3. The molecular formula is C21H21N3O3S. The van der Waals surface area contributed by atoms with Gasteiger partial charge >= 0.3 is 5.69 Å². The normalized spacial score (nSPS) is 15.1. The Morgan fingerprint density at radius 2 is 1.68 bits per heavy atom. The van der Waals surface area contributed by atoms with Gasteiger partial charge in [-0.2, -0.15) is 0 Å². The van der Waals surface area contributed by atoms with Gasteiger partial charge in [-0.1, -0.05) is 30.3 Å². The van der Waals surface area contributed by atoms with Crippen molar-refractivity contribution in [3.8, 4) is 0 Å². The van der Waals surface area contributed by atoms with Gasteiger partial charge in [-0.15, -0.1) is 11.8 Å². The number of H-pyrrole nitrogens is 1. The Balaban J connectivity index is 1.43. The Morgan fingerprint density at radius 3 is 2.43 bits per heavy atom. The van der Waals surface area contributed by atoms with E-state index in [0.717, 1.165) is 4.90 Å². The van der Waals surface area contributed by atoms with E-state index in [0.29, 0.717) is 42.6 Å². The van der Waals surface area contributed by atoms with E-state index in [1.54, 1.807) is 24.3 Å². The predicted octanol–water partition coefficient (Wildman–Crippen LogP) is 2.65. The van der Waals surface area contributed by atoms with E-state index < -0.39 is 0 Å². The lowest BCUT2D eigenvalue weighted by Crippen LogP contribution is -2.45. The van der Waals surface area contributed by atoms with Crippen molar-refractivity contribution in [1.82, 2.24) is 14.5 Å². The SMILES string of the molecule is O=C(CSc1ccccc1)N1CCC(n2c(=O)[nH]c3ccccc3c2=O)CC1. The molecule has 4 rings (SSSR count). The summed E-state index contributed by atoms with van der Waals surface area (Å²) in [6.07, 6.45) is 1.20. The fourth-order valence-corrected chi connectivity index (χ4v) is 4.46. The molecule has 1 N–H and O–H groups in total. The molecule has 0 aliphatic carbocycles. The Kier molecular flexibility index (Phi) is 5.34. The van der Waals surface area contributed by atoms with Crippen LogP contribution < -0.4 is 11.2 Å². The van der Waals surface area contributed by atoms with Crippen LogP contribution in [0.15, 0.2) is 69.1 Å². The lowest BCUT2D eigenvalue weighted by Gasteiger charge is -2.32. The van der Waals surface area contributed by atoms with Crippen molar-refractivity contribution in [3.63, 3.8) is 0 Å². The standard InChI is InChI=1S/C21H21N3O3S/c25-19(14-28-16-6-2-1-3-7-16)23-12-10-15(11-13-23)24-20(26)17-8-4-5-9-18(17)22-21(24)27/h1-9,15H,10-14H2,(H,22,27). The number of thioether (sulfide) groups is 1. The molecule has 7 heteroatoms. The van der Waals surface area contributed by atoms with E-state index in [9.17, 15) is 14.4 Å². The second kappa shape index (κ2) is 8.06. The van der Waals surface area contributed by atoms with Crippen molar-refractivity contribution in [2.75, 3.05) is 18.8 Å². The third kappa shape index (κ3) is 3.75. The number of rotatable bonds is 4. The number of fused-ring (bicyclic) bond motifs is 1. The molecule has 1 saturated heterocycles. The maximum atomic E-state index is 12.8. The average Bonchev–Trinajstić information content (AvgIpc) is 2.73. The van der Waals surface area contributed by atoms with E-state index in [4.69, 9.17) is 0 Å². The van der Waals surface area contributed by atoms with Gasteiger partial charge in [0.2, 0.25) is 5.91 Å². The van der Waals surface area contributed by atoms with E-state index in [1.165, 1.54) is 16.3 Å². The topological polar surface area (TPSA) is 75.2 Å². The van der Waals surface area contributed by atoms with Gasteiger partial charge in [0.25, 0.3) is 5.56 Å². The average molecular weight is 395 g/mol. The first-order chi connectivity index (χ1) is 13.6. The van der Waals surface area contributed by atoms with Crippen LogP contribution in [0.5, 0.6) is 0 Å². The molecule has 0 atom stereocenters. The van der Waals surface area contributed by atoms with Gasteiger partial charge in [0.1, 0.15) is 0 Å². The first-order valence-electron chi connectivity index (χ1n) is 9.32. The van der Waals surface area contributed by atoms with Crippen molar-refractivity contribution < 1.29 is 4.79 Å². The largest absolute Gasteiger partial charge is 0.342 e. The van der Waals surface area contributed by atoms with E-state index >= 15 is 0 Å². The molecule has 0 bridgehead atoms. The fraction of sp³-hybridized carbons (Fsp3) is 0.286. The van der Waals surface area contributed by atoms with Gasteiger partial charge in [0.05, 0.1) is 16.7 Å². The molecule has 0 unspecified atom stereocenters. The number of amides is 1. The number of carbonyl (C=O) groups is 1. The highest BCUT2D eigenvalue weighted by atomic mass is 32.2. The maximum absolute atomic E-state index is 12.8. The van der Waals surface area contributed by atoms with Crippen LogP contribution in [0.2, 0.25) is 0 Å². The lowest BCUT2D eigenvalue weighted by atomic mass is 10.0. The number of benzene rings is 2. The summed E-state index contributed by atoms with van der Waals surface area (Å²) in [6, 6.07) is 16.7. The maximum Gasteiger partial charge on any atom is 0.329 e. The molecule has 6 nitrogen and oxygen atoms in total. The third-order valence-electron chi connectivity index (χ3n) is 5.12. The Morgan fingerprint density at radius 1 is 1.00 bits per heavy atom. The highest BCUT2D eigenvalue weighted by Gasteiger charge is 2.26. The van der Waals surface area contributed by atoms with Crippen molar-refractivity contribution in [1.29, 1.82) is 0 Å². The van der Waals surface area contributed by atoms with Crippen LogP contribution in [0.25, 0.3) is 10.9 Å². The minimum Gasteiger partial charge on any atom is -0.342 e. The Hall–Kier alpha value is -2.80. The highest BCUT2D eigenvalue weighted by molar-refractivity contribution is 8.00. The molecule has 3 aromatic rings. The van der Waals surface area contributed by atoms with Crippen LogP contribution in [0.3, 0.4) is 0 Å². The molecule has 144 valence electrons. The van der Waals surface area contributed by atoms with Crippen LogP contribution in [0.4, 0.5) is 0 Å². The van der Waals surface area contributed by atoms with Crippen molar-refractivity contribution in [3.05, 3.63) is 75.4 Å².